The molecule has 4 heteroatoms. The van der Waals surface area contributed by atoms with Crippen molar-refractivity contribution in [3.63, 3.8) is 0 Å². The Hall–Kier alpha value is -0.160. The lowest BCUT2D eigenvalue weighted by Crippen LogP contribution is -2.42. The van der Waals surface area contributed by atoms with E-state index in [1.54, 1.807) is 0 Å². The molecule has 1 aliphatic heterocycles. The zero-order chi connectivity index (χ0) is 8.55. The fraction of sp³-hybridized carbons (Fsp3) is 1.00. The summed E-state index contributed by atoms with van der Waals surface area (Å²) in [4.78, 5) is 0. The van der Waals surface area contributed by atoms with Gasteiger partial charge in [-0.2, -0.15) is 0 Å². The van der Waals surface area contributed by atoms with Gasteiger partial charge in [0.2, 0.25) is 0 Å². The summed E-state index contributed by atoms with van der Waals surface area (Å²) in [5.74, 6) is 0. The van der Waals surface area contributed by atoms with Crippen LogP contribution in [0.15, 0.2) is 0 Å². The molecule has 0 radical (unpaired) electrons. The Balaban J connectivity index is 1.72. The van der Waals surface area contributed by atoms with E-state index < -0.39 is 12.2 Å². The van der Waals surface area contributed by atoms with Gasteiger partial charge in [0.25, 0.3) is 0 Å². The van der Waals surface area contributed by atoms with Crippen LogP contribution in [0, 0.1) is 0 Å². The van der Waals surface area contributed by atoms with Gasteiger partial charge in [-0.05, 0) is 12.8 Å². The van der Waals surface area contributed by atoms with Gasteiger partial charge in [-0.3, -0.25) is 0 Å². The van der Waals surface area contributed by atoms with Crippen LogP contribution in [0.3, 0.4) is 0 Å². The van der Waals surface area contributed by atoms with E-state index in [4.69, 9.17) is 0 Å². The molecule has 0 bridgehead atoms. The molecule has 70 valence electrons. The second-order valence-corrected chi connectivity index (χ2v) is 3.76. The highest BCUT2D eigenvalue weighted by molar-refractivity contribution is 4.93. The number of aliphatic hydroxyl groups excluding tert-OH is 2. The Morgan fingerprint density at radius 1 is 1.33 bits per heavy atom. The predicted octanol–water partition coefficient (Wildman–Crippen LogP) is -1.57. The van der Waals surface area contributed by atoms with Crippen molar-refractivity contribution in [2.75, 3.05) is 13.1 Å². The van der Waals surface area contributed by atoms with Crippen molar-refractivity contribution in [1.82, 2.24) is 10.6 Å². The van der Waals surface area contributed by atoms with Crippen LogP contribution in [0.25, 0.3) is 0 Å². The molecule has 0 aromatic carbocycles. The van der Waals surface area contributed by atoms with Gasteiger partial charge in [-0.1, -0.05) is 0 Å². The second kappa shape index (κ2) is 3.30. The molecule has 1 heterocycles. The van der Waals surface area contributed by atoms with Crippen LogP contribution in [0.5, 0.6) is 0 Å². The van der Waals surface area contributed by atoms with Gasteiger partial charge in [-0.25, -0.2) is 0 Å². The lowest BCUT2D eigenvalue weighted by Gasteiger charge is -2.16. The molecule has 0 aromatic rings. The van der Waals surface area contributed by atoms with Crippen molar-refractivity contribution in [2.45, 2.75) is 37.1 Å². The molecule has 3 atom stereocenters. The van der Waals surface area contributed by atoms with Gasteiger partial charge in [0, 0.05) is 25.2 Å². The highest BCUT2D eigenvalue weighted by atomic mass is 16.3. The van der Waals surface area contributed by atoms with E-state index in [9.17, 15) is 10.2 Å². The number of aliphatic hydroxyl groups is 2. The van der Waals surface area contributed by atoms with E-state index in [1.165, 1.54) is 12.8 Å². The van der Waals surface area contributed by atoms with Crippen LogP contribution < -0.4 is 10.6 Å². The molecule has 0 spiro atoms. The Morgan fingerprint density at radius 3 is 2.58 bits per heavy atom. The number of rotatable bonds is 3. The molecule has 2 fully saturated rings. The Kier molecular flexibility index (Phi) is 2.32. The van der Waals surface area contributed by atoms with Crippen molar-refractivity contribution < 1.29 is 10.2 Å². The lowest BCUT2D eigenvalue weighted by atomic mass is 10.1. The monoisotopic (exact) mass is 172 g/mol. The standard InChI is InChI=1S/C8H16N2O2/c11-7-4-10-6(8(7)12)3-9-5-1-2-5/h5-12H,1-4H2. The first kappa shape index (κ1) is 8.44. The molecular formula is C8H16N2O2. The maximum absolute atomic E-state index is 9.44. The van der Waals surface area contributed by atoms with E-state index in [1.807, 2.05) is 0 Å². The number of nitrogens with one attached hydrogen (secondary N) is 2. The number of hydrogen-bond acceptors (Lipinski definition) is 4. The summed E-state index contributed by atoms with van der Waals surface area (Å²) in [7, 11) is 0. The van der Waals surface area contributed by atoms with Crippen molar-refractivity contribution in [2.24, 2.45) is 0 Å². The molecule has 1 aliphatic carbocycles. The Labute approximate surface area is 72.0 Å². The van der Waals surface area contributed by atoms with Gasteiger partial charge in [0.1, 0.15) is 0 Å². The van der Waals surface area contributed by atoms with Gasteiger partial charge in [0.05, 0.1) is 12.2 Å². The van der Waals surface area contributed by atoms with Gasteiger partial charge in [0.15, 0.2) is 0 Å². The smallest absolute Gasteiger partial charge is 0.0976 e. The lowest BCUT2D eigenvalue weighted by molar-refractivity contribution is 0.0407. The van der Waals surface area contributed by atoms with Crippen LogP contribution >= 0.6 is 0 Å². The Morgan fingerprint density at radius 2 is 2.08 bits per heavy atom. The van der Waals surface area contributed by atoms with E-state index in [2.05, 4.69) is 10.6 Å². The number of β-amino-alcohol motifs (C(OH)–C–C–N with tert-alkyl or cyclic N) is 1. The first-order valence-electron chi connectivity index (χ1n) is 4.60. The summed E-state index contributed by atoms with van der Waals surface area (Å²) >= 11 is 0. The Bertz CT molecular complexity index is 161. The van der Waals surface area contributed by atoms with Gasteiger partial charge >= 0.3 is 0 Å². The van der Waals surface area contributed by atoms with E-state index in [0.717, 1.165) is 6.54 Å². The van der Waals surface area contributed by atoms with Crippen LogP contribution in [0.1, 0.15) is 12.8 Å². The average molecular weight is 172 g/mol. The molecular weight excluding hydrogens is 156 g/mol. The molecule has 2 rings (SSSR count). The zero-order valence-electron chi connectivity index (χ0n) is 7.03. The molecule has 0 amide bonds. The third-order valence-electron chi connectivity index (χ3n) is 2.60. The van der Waals surface area contributed by atoms with Crippen molar-refractivity contribution in [3.8, 4) is 0 Å². The maximum Gasteiger partial charge on any atom is 0.0976 e. The van der Waals surface area contributed by atoms with E-state index in [-0.39, 0.29) is 6.04 Å². The average Bonchev–Trinajstić information content (AvgIpc) is 2.82. The molecule has 4 N–H and O–H groups in total. The highest BCUT2D eigenvalue weighted by Gasteiger charge is 2.33. The SMILES string of the molecule is OC1CNC(CNC2CC2)C1O. The quantitative estimate of drug-likeness (QED) is 0.415. The van der Waals surface area contributed by atoms with E-state index in [0.29, 0.717) is 12.6 Å². The first-order chi connectivity index (χ1) is 5.77. The summed E-state index contributed by atoms with van der Waals surface area (Å²) in [5, 5.41) is 25.0. The van der Waals surface area contributed by atoms with Crippen LogP contribution in [-0.4, -0.2) is 47.6 Å². The third kappa shape index (κ3) is 1.77. The summed E-state index contributed by atoms with van der Waals surface area (Å²) in [6.07, 6.45) is 1.32. The van der Waals surface area contributed by atoms with Crippen molar-refractivity contribution >= 4 is 0 Å². The first-order valence-corrected chi connectivity index (χ1v) is 4.60. The number of hydrogen-bond donors (Lipinski definition) is 4. The van der Waals surface area contributed by atoms with Gasteiger partial charge in [-0.15, -0.1) is 0 Å². The molecule has 3 unspecified atom stereocenters. The normalized spacial score (nSPS) is 42.0. The zero-order valence-corrected chi connectivity index (χ0v) is 7.03. The molecule has 12 heavy (non-hydrogen) atoms. The molecule has 1 saturated carbocycles. The molecule has 4 nitrogen and oxygen atoms in total. The minimum absolute atomic E-state index is 0.0283. The van der Waals surface area contributed by atoms with E-state index >= 15 is 0 Å². The fourth-order valence-electron chi connectivity index (χ4n) is 1.56. The van der Waals surface area contributed by atoms with Crippen LogP contribution in [-0.2, 0) is 0 Å². The van der Waals surface area contributed by atoms with Crippen molar-refractivity contribution in [3.05, 3.63) is 0 Å². The van der Waals surface area contributed by atoms with Crippen molar-refractivity contribution in [1.29, 1.82) is 0 Å². The van der Waals surface area contributed by atoms with Crippen LogP contribution in [0.2, 0.25) is 0 Å². The molecule has 2 aliphatic rings. The molecule has 0 aromatic heterocycles. The summed E-state index contributed by atoms with van der Waals surface area (Å²) in [6, 6.07) is 0.692. The maximum atomic E-state index is 9.44. The third-order valence-corrected chi connectivity index (χ3v) is 2.60. The fourth-order valence-corrected chi connectivity index (χ4v) is 1.56. The minimum Gasteiger partial charge on any atom is -0.389 e. The highest BCUT2D eigenvalue weighted by Crippen LogP contribution is 2.19. The summed E-state index contributed by atoms with van der Waals surface area (Å²) in [6.45, 7) is 1.28. The summed E-state index contributed by atoms with van der Waals surface area (Å²) in [5.41, 5.74) is 0. The summed E-state index contributed by atoms with van der Waals surface area (Å²) < 4.78 is 0. The topological polar surface area (TPSA) is 64.5 Å². The van der Waals surface area contributed by atoms with Crippen LogP contribution in [0.4, 0.5) is 0 Å². The largest absolute Gasteiger partial charge is 0.389 e. The second-order valence-electron chi connectivity index (χ2n) is 3.76. The van der Waals surface area contributed by atoms with Gasteiger partial charge < -0.3 is 20.8 Å². The minimum atomic E-state index is -0.601. The predicted molar refractivity (Wildman–Crippen MR) is 44.8 cm³/mol. The molecule has 1 saturated heterocycles.